The predicted octanol–water partition coefficient (Wildman–Crippen LogP) is 2.09. The predicted molar refractivity (Wildman–Crippen MR) is 87.0 cm³/mol. The number of hydrogen-bond donors (Lipinski definition) is 0. The standard InChI is InChI=1S/C17H26N4O3/c1-3-15-18-17(19-24-15)14-8-6-10-21(14)16(23)11-13-7-4-5-9-20(13)12(2)22/h13-14H,3-11H2,1-2H3/t13-,14-/m0/s1. The third-order valence-electron chi connectivity index (χ3n) is 5.10. The van der Waals surface area contributed by atoms with Gasteiger partial charge < -0.3 is 14.3 Å². The molecule has 2 aliphatic rings. The molecule has 132 valence electrons. The van der Waals surface area contributed by atoms with Gasteiger partial charge in [0.1, 0.15) is 0 Å². The summed E-state index contributed by atoms with van der Waals surface area (Å²) >= 11 is 0. The van der Waals surface area contributed by atoms with E-state index in [1.807, 2.05) is 16.7 Å². The van der Waals surface area contributed by atoms with Crippen molar-refractivity contribution in [2.75, 3.05) is 13.1 Å². The molecule has 0 unspecified atom stereocenters. The van der Waals surface area contributed by atoms with E-state index in [9.17, 15) is 9.59 Å². The van der Waals surface area contributed by atoms with E-state index in [0.717, 1.165) is 45.2 Å². The lowest BCUT2D eigenvalue weighted by Gasteiger charge is -2.36. The maximum Gasteiger partial charge on any atom is 0.226 e. The lowest BCUT2D eigenvalue weighted by Crippen LogP contribution is -2.45. The van der Waals surface area contributed by atoms with E-state index in [1.165, 1.54) is 0 Å². The molecule has 1 aromatic rings. The van der Waals surface area contributed by atoms with Crippen molar-refractivity contribution in [3.05, 3.63) is 11.7 Å². The van der Waals surface area contributed by atoms with Gasteiger partial charge in [0.2, 0.25) is 17.7 Å². The quantitative estimate of drug-likeness (QED) is 0.842. The Bertz CT molecular complexity index is 600. The van der Waals surface area contributed by atoms with Gasteiger partial charge in [0, 0.05) is 38.9 Å². The summed E-state index contributed by atoms with van der Waals surface area (Å²) in [7, 11) is 0. The van der Waals surface area contributed by atoms with Crippen molar-refractivity contribution in [1.29, 1.82) is 0 Å². The minimum absolute atomic E-state index is 0.0291. The Morgan fingerprint density at radius 2 is 1.96 bits per heavy atom. The molecule has 2 amide bonds. The first-order valence-electron chi connectivity index (χ1n) is 8.99. The number of likely N-dealkylation sites (tertiary alicyclic amines) is 2. The van der Waals surface area contributed by atoms with Gasteiger partial charge in [0.15, 0.2) is 5.82 Å². The van der Waals surface area contributed by atoms with Crippen LogP contribution in [0.2, 0.25) is 0 Å². The van der Waals surface area contributed by atoms with Crippen LogP contribution in [-0.2, 0) is 16.0 Å². The Balaban J connectivity index is 1.68. The number of nitrogens with zero attached hydrogens (tertiary/aromatic N) is 4. The SMILES string of the molecule is CCc1nc([C@@H]2CCCN2C(=O)C[C@@H]2CCCCN2C(C)=O)no1. The molecule has 24 heavy (non-hydrogen) atoms. The number of carbonyl (C=O) groups excluding carboxylic acids is 2. The molecule has 0 spiro atoms. The normalized spacial score (nSPS) is 24.4. The van der Waals surface area contributed by atoms with Crippen LogP contribution in [0.25, 0.3) is 0 Å². The summed E-state index contributed by atoms with van der Waals surface area (Å²) in [6.45, 7) is 5.05. The van der Waals surface area contributed by atoms with Crippen molar-refractivity contribution >= 4 is 11.8 Å². The third-order valence-corrected chi connectivity index (χ3v) is 5.10. The van der Waals surface area contributed by atoms with Crippen LogP contribution in [-0.4, -0.2) is 50.9 Å². The number of amides is 2. The van der Waals surface area contributed by atoms with E-state index in [2.05, 4.69) is 10.1 Å². The van der Waals surface area contributed by atoms with Crippen LogP contribution in [0, 0.1) is 0 Å². The molecule has 7 nitrogen and oxygen atoms in total. The van der Waals surface area contributed by atoms with Crippen LogP contribution in [0.3, 0.4) is 0 Å². The zero-order valence-electron chi connectivity index (χ0n) is 14.5. The molecule has 3 heterocycles. The maximum atomic E-state index is 12.8. The Labute approximate surface area is 142 Å². The van der Waals surface area contributed by atoms with Crippen LogP contribution in [0.1, 0.15) is 70.1 Å². The van der Waals surface area contributed by atoms with E-state index in [4.69, 9.17) is 4.52 Å². The van der Waals surface area contributed by atoms with E-state index in [1.54, 1.807) is 6.92 Å². The Hall–Kier alpha value is -1.92. The van der Waals surface area contributed by atoms with Gasteiger partial charge in [-0.3, -0.25) is 9.59 Å². The highest BCUT2D eigenvalue weighted by Crippen LogP contribution is 2.32. The van der Waals surface area contributed by atoms with Gasteiger partial charge in [0.25, 0.3) is 0 Å². The summed E-state index contributed by atoms with van der Waals surface area (Å²) in [5.41, 5.74) is 0. The minimum atomic E-state index is -0.0871. The van der Waals surface area contributed by atoms with Gasteiger partial charge in [0.05, 0.1) is 6.04 Å². The Kier molecular flexibility index (Phi) is 5.16. The third kappa shape index (κ3) is 3.44. The number of rotatable bonds is 4. The van der Waals surface area contributed by atoms with Crippen LogP contribution in [0.15, 0.2) is 4.52 Å². The summed E-state index contributed by atoms with van der Waals surface area (Å²) < 4.78 is 5.20. The van der Waals surface area contributed by atoms with E-state index in [-0.39, 0.29) is 23.9 Å². The highest BCUT2D eigenvalue weighted by Gasteiger charge is 2.35. The highest BCUT2D eigenvalue weighted by atomic mass is 16.5. The molecule has 2 saturated heterocycles. The van der Waals surface area contributed by atoms with Crippen molar-refractivity contribution in [1.82, 2.24) is 19.9 Å². The molecule has 2 atom stereocenters. The van der Waals surface area contributed by atoms with Crippen molar-refractivity contribution in [3.8, 4) is 0 Å². The van der Waals surface area contributed by atoms with Crippen LogP contribution < -0.4 is 0 Å². The molecule has 7 heteroatoms. The summed E-state index contributed by atoms with van der Waals surface area (Å²) in [4.78, 5) is 32.8. The molecular formula is C17H26N4O3. The number of aromatic nitrogens is 2. The monoisotopic (exact) mass is 334 g/mol. The first kappa shape index (κ1) is 16.9. The van der Waals surface area contributed by atoms with Crippen LogP contribution >= 0.6 is 0 Å². The van der Waals surface area contributed by atoms with Gasteiger partial charge in [-0.15, -0.1) is 0 Å². The lowest BCUT2D eigenvalue weighted by atomic mass is 9.98. The second-order valence-electron chi connectivity index (χ2n) is 6.71. The first-order chi connectivity index (χ1) is 11.6. The molecule has 0 saturated carbocycles. The van der Waals surface area contributed by atoms with Gasteiger partial charge in [-0.1, -0.05) is 12.1 Å². The van der Waals surface area contributed by atoms with Gasteiger partial charge >= 0.3 is 0 Å². The molecule has 0 bridgehead atoms. The first-order valence-corrected chi connectivity index (χ1v) is 8.99. The molecule has 0 aliphatic carbocycles. The number of hydrogen-bond acceptors (Lipinski definition) is 5. The van der Waals surface area contributed by atoms with Crippen molar-refractivity contribution in [3.63, 3.8) is 0 Å². The van der Waals surface area contributed by atoms with Crippen molar-refractivity contribution < 1.29 is 14.1 Å². The summed E-state index contributed by atoms with van der Waals surface area (Å²) in [6, 6.07) is -0.0580. The van der Waals surface area contributed by atoms with Crippen molar-refractivity contribution in [2.45, 2.75) is 70.9 Å². The number of piperidine rings is 1. The smallest absolute Gasteiger partial charge is 0.226 e. The van der Waals surface area contributed by atoms with E-state index >= 15 is 0 Å². The van der Waals surface area contributed by atoms with Gasteiger partial charge in [-0.2, -0.15) is 4.98 Å². The molecule has 2 aliphatic heterocycles. The Morgan fingerprint density at radius 3 is 2.67 bits per heavy atom. The average Bonchev–Trinajstić information content (AvgIpc) is 3.23. The zero-order chi connectivity index (χ0) is 17.1. The fraction of sp³-hybridized carbons (Fsp3) is 0.765. The zero-order valence-corrected chi connectivity index (χ0v) is 14.5. The molecule has 1 aromatic heterocycles. The lowest BCUT2D eigenvalue weighted by molar-refractivity contribution is -0.137. The van der Waals surface area contributed by atoms with Crippen LogP contribution in [0.4, 0.5) is 0 Å². The molecule has 0 N–H and O–H groups in total. The van der Waals surface area contributed by atoms with Gasteiger partial charge in [-0.25, -0.2) is 0 Å². The highest BCUT2D eigenvalue weighted by molar-refractivity contribution is 5.79. The van der Waals surface area contributed by atoms with E-state index in [0.29, 0.717) is 24.6 Å². The van der Waals surface area contributed by atoms with Crippen LogP contribution in [0.5, 0.6) is 0 Å². The van der Waals surface area contributed by atoms with Gasteiger partial charge in [-0.05, 0) is 32.1 Å². The summed E-state index contributed by atoms with van der Waals surface area (Å²) in [5, 5.41) is 4.05. The van der Waals surface area contributed by atoms with E-state index < -0.39 is 0 Å². The maximum absolute atomic E-state index is 12.8. The minimum Gasteiger partial charge on any atom is -0.339 e. The fourth-order valence-electron chi connectivity index (χ4n) is 3.83. The number of aryl methyl sites for hydroxylation is 1. The molecular weight excluding hydrogens is 308 g/mol. The fourth-order valence-corrected chi connectivity index (χ4v) is 3.83. The molecule has 2 fully saturated rings. The van der Waals surface area contributed by atoms with Crippen molar-refractivity contribution in [2.24, 2.45) is 0 Å². The Morgan fingerprint density at radius 1 is 1.17 bits per heavy atom. The molecule has 3 rings (SSSR count). The summed E-state index contributed by atoms with van der Waals surface area (Å²) in [5.74, 6) is 1.39. The summed E-state index contributed by atoms with van der Waals surface area (Å²) in [6.07, 6.45) is 5.93. The average molecular weight is 334 g/mol. The topological polar surface area (TPSA) is 79.5 Å². The largest absolute Gasteiger partial charge is 0.339 e. The second kappa shape index (κ2) is 7.32. The number of carbonyl (C=O) groups is 2. The molecule has 0 aromatic carbocycles. The second-order valence-corrected chi connectivity index (χ2v) is 6.71. The molecule has 0 radical (unpaired) electrons.